The van der Waals surface area contributed by atoms with Crippen molar-refractivity contribution in [2.75, 3.05) is 0 Å². The minimum absolute atomic E-state index is 0.236. The molecule has 0 unspecified atom stereocenters. The first-order valence-electron chi connectivity index (χ1n) is 7.67. The molecule has 0 saturated heterocycles. The highest BCUT2D eigenvalue weighted by Crippen LogP contribution is 2.29. The van der Waals surface area contributed by atoms with Crippen LogP contribution < -0.4 is 0 Å². The van der Waals surface area contributed by atoms with E-state index in [9.17, 15) is 9.90 Å². The van der Waals surface area contributed by atoms with E-state index in [4.69, 9.17) is 0 Å². The Morgan fingerprint density at radius 3 is 2.70 bits per heavy atom. The summed E-state index contributed by atoms with van der Waals surface area (Å²) in [6.07, 6.45) is 2.82. The molecule has 0 amide bonds. The average Bonchev–Trinajstić information content (AvgIpc) is 2.97. The summed E-state index contributed by atoms with van der Waals surface area (Å²) in [5.41, 5.74) is 5.03. The Morgan fingerprint density at radius 1 is 1.30 bits per heavy atom. The number of carboxylic acids is 1. The molecule has 3 aromatic heterocycles. The molecule has 23 heavy (non-hydrogen) atoms. The van der Waals surface area contributed by atoms with E-state index in [0.717, 1.165) is 40.9 Å². The van der Waals surface area contributed by atoms with Crippen LogP contribution in [-0.4, -0.2) is 30.4 Å². The molecule has 0 atom stereocenters. The first-order chi connectivity index (χ1) is 10.9. The summed E-state index contributed by atoms with van der Waals surface area (Å²) in [5, 5.41) is 14.7. The molecule has 3 aromatic rings. The molecule has 120 valence electrons. The highest BCUT2D eigenvalue weighted by molar-refractivity contribution is 5.94. The molecule has 6 heteroatoms. The molecule has 0 bridgehead atoms. The summed E-state index contributed by atoms with van der Waals surface area (Å²) in [5.74, 6) is -0.949. The lowest BCUT2D eigenvalue weighted by molar-refractivity contribution is 0.0687. The SMILES string of the molecule is CCCn1nc(C)c(-c2cnc3c(c2)cc(C(=O)O)n3C)c1C. The molecule has 0 spiro atoms. The van der Waals surface area contributed by atoms with Crippen molar-refractivity contribution in [2.45, 2.75) is 33.7 Å². The van der Waals surface area contributed by atoms with Crippen molar-refractivity contribution in [3.8, 4) is 11.1 Å². The number of pyridine rings is 1. The lowest BCUT2D eigenvalue weighted by Gasteiger charge is -2.05. The summed E-state index contributed by atoms with van der Waals surface area (Å²) >= 11 is 0. The third-order valence-electron chi connectivity index (χ3n) is 4.19. The zero-order valence-electron chi connectivity index (χ0n) is 13.8. The number of carboxylic acid groups (broad SMARTS) is 1. The molecule has 0 aliphatic carbocycles. The smallest absolute Gasteiger partial charge is 0.352 e. The van der Waals surface area contributed by atoms with E-state index in [-0.39, 0.29) is 5.69 Å². The van der Waals surface area contributed by atoms with Crippen LogP contribution in [0.4, 0.5) is 0 Å². The maximum atomic E-state index is 11.3. The normalized spacial score (nSPS) is 11.3. The van der Waals surface area contributed by atoms with E-state index in [2.05, 4.69) is 23.9 Å². The average molecular weight is 312 g/mol. The van der Waals surface area contributed by atoms with E-state index in [1.54, 1.807) is 23.9 Å². The number of aromatic carboxylic acids is 1. The van der Waals surface area contributed by atoms with Crippen LogP contribution in [-0.2, 0) is 13.6 Å². The van der Waals surface area contributed by atoms with Gasteiger partial charge in [0.25, 0.3) is 0 Å². The number of hydrogen-bond donors (Lipinski definition) is 1. The second-order valence-corrected chi connectivity index (χ2v) is 5.80. The van der Waals surface area contributed by atoms with Crippen molar-refractivity contribution in [1.82, 2.24) is 19.3 Å². The number of nitrogens with zero attached hydrogens (tertiary/aromatic N) is 4. The third kappa shape index (κ3) is 2.40. The van der Waals surface area contributed by atoms with Gasteiger partial charge in [0.05, 0.1) is 5.69 Å². The van der Waals surface area contributed by atoms with Crippen molar-refractivity contribution in [1.29, 1.82) is 0 Å². The number of carbonyl (C=O) groups is 1. The van der Waals surface area contributed by atoms with Crippen LogP contribution in [0.1, 0.15) is 35.2 Å². The lowest BCUT2D eigenvalue weighted by Crippen LogP contribution is -2.04. The van der Waals surface area contributed by atoms with Crippen LogP contribution in [0.5, 0.6) is 0 Å². The molecule has 0 aliphatic rings. The molecule has 6 nitrogen and oxygen atoms in total. The fraction of sp³-hybridized carbons (Fsp3) is 0.353. The monoisotopic (exact) mass is 312 g/mol. The van der Waals surface area contributed by atoms with E-state index >= 15 is 0 Å². The van der Waals surface area contributed by atoms with Gasteiger partial charge in [0.1, 0.15) is 11.3 Å². The quantitative estimate of drug-likeness (QED) is 0.803. The molecule has 3 rings (SSSR count). The van der Waals surface area contributed by atoms with Crippen LogP contribution >= 0.6 is 0 Å². The minimum atomic E-state index is -0.949. The second kappa shape index (κ2) is 5.53. The number of rotatable bonds is 4. The van der Waals surface area contributed by atoms with Gasteiger partial charge in [-0.1, -0.05) is 6.92 Å². The van der Waals surface area contributed by atoms with Gasteiger partial charge in [-0.3, -0.25) is 4.68 Å². The van der Waals surface area contributed by atoms with Gasteiger partial charge in [-0.05, 0) is 32.4 Å². The Kier molecular flexibility index (Phi) is 3.67. The first-order valence-corrected chi connectivity index (χ1v) is 7.67. The lowest BCUT2D eigenvalue weighted by atomic mass is 10.0. The van der Waals surface area contributed by atoms with E-state index in [0.29, 0.717) is 5.65 Å². The van der Waals surface area contributed by atoms with Gasteiger partial charge in [0, 0.05) is 42.0 Å². The fourth-order valence-corrected chi connectivity index (χ4v) is 3.11. The van der Waals surface area contributed by atoms with Crippen molar-refractivity contribution in [3.63, 3.8) is 0 Å². The summed E-state index contributed by atoms with van der Waals surface area (Å²) in [6, 6.07) is 3.65. The maximum absolute atomic E-state index is 11.3. The van der Waals surface area contributed by atoms with E-state index in [1.165, 1.54) is 0 Å². The maximum Gasteiger partial charge on any atom is 0.352 e. The van der Waals surface area contributed by atoms with Gasteiger partial charge >= 0.3 is 5.97 Å². The van der Waals surface area contributed by atoms with Gasteiger partial charge in [-0.25, -0.2) is 9.78 Å². The van der Waals surface area contributed by atoms with Crippen LogP contribution in [0, 0.1) is 13.8 Å². The van der Waals surface area contributed by atoms with Gasteiger partial charge in [-0.2, -0.15) is 5.10 Å². The van der Waals surface area contributed by atoms with Crippen LogP contribution in [0.25, 0.3) is 22.2 Å². The van der Waals surface area contributed by atoms with Crippen LogP contribution in [0.15, 0.2) is 18.3 Å². The predicted molar refractivity (Wildman–Crippen MR) is 88.7 cm³/mol. The van der Waals surface area contributed by atoms with Crippen LogP contribution in [0.3, 0.4) is 0 Å². The van der Waals surface area contributed by atoms with E-state index in [1.807, 2.05) is 17.7 Å². The molecular weight excluding hydrogens is 292 g/mol. The first kappa shape index (κ1) is 15.3. The number of fused-ring (bicyclic) bond motifs is 1. The van der Waals surface area contributed by atoms with Crippen molar-refractivity contribution in [2.24, 2.45) is 7.05 Å². The van der Waals surface area contributed by atoms with Crippen LogP contribution in [0.2, 0.25) is 0 Å². The Balaban J connectivity index is 2.16. The Morgan fingerprint density at radius 2 is 2.04 bits per heavy atom. The molecule has 3 heterocycles. The zero-order chi connectivity index (χ0) is 16.7. The largest absolute Gasteiger partial charge is 0.477 e. The summed E-state index contributed by atoms with van der Waals surface area (Å²) in [4.78, 5) is 15.7. The van der Waals surface area contributed by atoms with Crippen molar-refractivity contribution in [3.05, 3.63) is 35.4 Å². The Bertz CT molecular complexity index is 905. The molecular formula is C17H20N4O2. The van der Waals surface area contributed by atoms with Gasteiger partial charge in [0.2, 0.25) is 0 Å². The summed E-state index contributed by atoms with van der Waals surface area (Å²) in [6.45, 7) is 7.06. The summed E-state index contributed by atoms with van der Waals surface area (Å²) in [7, 11) is 1.72. The second-order valence-electron chi connectivity index (χ2n) is 5.80. The molecule has 0 saturated carbocycles. The topological polar surface area (TPSA) is 72.9 Å². The van der Waals surface area contributed by atoms with Gasteiger partial charge in [-0.15, -0.1) is 0 Å². The highest BCUT2D eigenvalue weighted by Gasteiger charge is 2.17. The predicted octanol–water partition coefficient (Wildman–Crippen LogP) is 3.16. The zero-order valence-corrected chi connectivity index (χ0v) is 13.8. The Hall–Kier alpha value is -2.63. The van der Waals surface area contributed by atoms with Crippen molar-refractivity contribution >= 4 is 17.0 Å². The Labute approximate surface area is 134 Å². The molecule has 0 radical (unpaired) electrons. The van der Waals surface area contributed by atoms with E-state index < -0.39 is 5.97 Å². The van der Waals surface area contributed by atoms with Crippen molar-refractivity contribution < 1.29 is 9.90 Å². The van der Waals surface area contributed by atoms with Gasteiger partial charge < -0.3 is 9.67 Å². The highest BCUT2D eigenvalue weighted by atomic mass is 16.4. The fourth-order valence-electron chi connectivity index (χ4n) is 3.11. The number of aryl methyl sites for hydroxylation is 3. The molecule has 0 fully saturated rings. The number of hydrogen-bond acceptors (Lipinski definition) is 3. The minimum Gasteiger partial charge on any atom is -0.477 e. The third-order valence-corrected chi connectivity index (χ3v) is 4.19. The number of aromatic nitrogens is 4. The molecule has 0 aliphatic heterocycles. The summed E-state index contributed by atoms with van der Waals surface area (Å²) < 4.78 is 3.62. The molecule has 1 N–H and O–H groups in total. The van der Waals surface area contributed by atoms with Gasteiger partial charge in [0.15, 0.2) is 0 Å². The standard InChI is InChI=1S/C17H20N4O2/c1-5-6-21-11(3)15(10(2)19-21)13-7-12-8-14(17(22)23)20(4)16(12)18-9-13/h7-9H,5-6H2,1-4H3,(H,22,23). The molecule has 0 aromatic carbocycles.